The first-order valence-corrected chi connectivity index (χ1v) is 39.1. The predicted octanol–water partition coefficient (Wildman–Crippen LogP) is 0.989. The zero-order valence-electron chi connectivity index (χ0n) is 66.3. The number of unbranched alkanes of at least 4 members (excludes halogenated alkanes) is 1. The Hall–Kier alpha value is -12.0. The number of nitrogens with zero attached hydrogens (tertiary/aromatic N) is 2. The van der Waals surface area contributed by atoms with Gasteiger partial charge >= 0.3 is 17.8 Å². The molecule has 0 radical (unpaired) electrons. The quantitative estimate of drug-likeness (QED) is 0.0374. The number of ether oxygens (including phenoxy) is 6. The molecule has 0 aliphatic carbocycles. The molecule has 6 aromatic rings. The minimum Gasteiger partial charge on any atom is -0.508 e. The molecule has 21 N–H and O–H groups in total. The Labute approximate surface area is 712 Å². The van der Waals surface area contributed by atoms with Gasteiger partial charge in [0.25, 0.3) is 0 Å². The monoisotopic (exact) mass is 1780 g/mol. The third-order valence-corrected chi connectivity index (χ3v) is 21.2. The van der Waals surface area contributed by atoms with Gasteiger partial charge in [0.2, 0.25) is 65.2 Å². The van der Waals surface area contributed by atoms with Gasteiger partial charge in [-0.05, 0) is 128 Å². The average Bonchev–Trinajstić information content (AvgIpc) is 0.764. The molecule has 5 aromatic carbocycles. The van der Waals surface area contributed by atoms with Crippen LogP contribution in [0.3, 0.4) is 0 Å². The fraction of sp³-hybridized carbons (Fsp3) is 0.425. The maximum absolute atomic E-state index is 16.3. The van der Waals surface area contributed by atoms with E-state index >= 15 is 19.2 Å². The minimum atomic E-state index is -5.08. The number of carbonyl (C=O) groups is 10. The molecular formula is C80H89Cl2F3N12O27. The summed E-state index contributed by atoms with van der Waals surface area (Å²) in [7, 11) is 1.47. The smallest absolute Gasteiger partial charge is 0.490 e. The third kappa shape index (κ3) is 22.1. The first kappa shape index (κ1) is 94.3. The number of carboxylic acid groups (broad SMARTS) is 1. The van der Waals surface area contributed by atoms with Crippen molar-refractivity contribution in [3.05, 3.63) is 146 Å². The maximum atomic E-state index is 16.3. The van der Waals surface area contributed by atoms with E-state index < -0.39 is 266 Å². The lowest BCUT2D eigenvalue weighted by atomic mass is 9.84. The van der Waals surface area contributed by atoms with E-state index in [9.17, 15) is 87.9 Å². The van der Waals surface area contributed by atoms with Gasteiger partial charge in [-0.1, -0.05) is 55.2 Å². The van der Waals surface area contributed by atoms with E-state index in [4.69, 9.17) is 73.7 Å². The highest BCUT2D eigenvalue weighted by molar-refractivity contribution is 6.32. The van der Waals surface area contributed by atoms with Crippen molar-refractivity contribution < 1.29 is 141 Å². The van der Waals surface area contributed by atoms with Crippen LogP contribution in [0.2, 0.25) is 10.0 Å². The standard InChI is InChI=1S/C78H88Cl2N12O25.C2HF3O2/c1-7-8-9-11-54(98)91-78(5)31-55(112-34(4)68(78)103)116-67-65(102)64(101)52(32-93)115-76(67)117-66-50-26-38-27-51(66)114-49-17-14-37(25-43(49)80)63(100)61-75(110)88-59(71(106)83-19-21-92-20-10-18-84-77(92)111)41-28-39(94)29-47(96)56(41)40-23-35(12-15-46(40)95)57(72(107)90-61)87-73(108)58(38)86-70(105)45(30-53(81)97)85-74(109)60(89-69(104)44(82-6)22-33(2)3)62(99)36-13-16-48(113-50)42(79)24-36;3-2(4,5)1(6)7/h1,10,12-18,20,23-29,33-34,44-45,52,55,57-65,67-68,76,82,93-96,99-103H,8-9,11,19,21-22,30-32H2,2-6H3,(H2,81,97)(H,83,106)(H,85,109)(H,86,105)(H,87,108)(H,88,110)(H,89,104)(H,90,107)(H,91,98);(H,6,7)/t34-,44+,45-,52+,55-,57+,58+,59-,60+,61-,62+,63+,64+,65-,67+,68+,76-,78-;/m0./s1. The molecular weight excluding hydrogens is 1690 g/mol. The van der Waals surface area contributed by atoms with E-state index in [2.05, 4.69) is 58.8 Å². The second kappa shape index (κ2) is 40.1. The van der Waals surface area contributed by atoms with Crippen molar-refractivity contribution in [1.29, 1.82) is 0 Å². The molecule has 13 rings (SSSR count). The summed E-state index contributed by atoms with van der Waals surface area (Å²) in [6, 6.07) is 0.968. The molecule has 9 amide bonds. The fourth-order valence-electron chi connectivity index (χ4n) is 14.3. The molecule has 124 heavy (non-hydrogen) atoms. The van der Waals surface area contributed by atoms with Crippen molar-refractivity contribution in [2.24, 2.45) is 11.7 Å². The summed E-state index contributed by atoms with van der Waals surface area (Å²) in [5.41, 5.74) is 0.860. The molecule has 8 heterocycles. The number of phenols is 3. The highest BCUT2D eigenvalue weighted by Crippen LogP contribution is 2.50. The number of halogens is 5. The number of hydrogen-bond donors (Lipinski definition) is 20. The molecule has 0 saturated carbocycles. The lowest BCUT2D eigenvalue weighted by molar-refractivity contribution is -0.334. The number of terminal acetylenes is 1. The van der Waals surface area contributed by atoms with Crippen LogP contribution in [0.5, 0.6) is 46.0 Å². The van der Waals surface area contributed by atoms with Crippen molar-refractivity contribution in [3.63, 3.8) is 0 Å². The molecule has 44 heteroatoms. The number of aromatic hydroxyl groups is 3. The molecule has 11 bridgehead atoms. The van der Waals surface area contributed by atoms with Gasteiger partial charge in [0.1, 0.15) is 102 Å². The molecule has 0 unspecified atom stereocenters. The van der Waals surface area contributed by atoms with Crippen LogP contribution in [-0.2, 0) is 68.7 Å². The SMILES string of the molecule is C#CCCCC(=O)N[C@@]1(C)C[C@H](O[C@H]2[C@H](Oc3c4cc5cc3Oc3ccc(cc3Cl)[C@@H](O)[C@@H](NC(=O)[C@@H](CC(C)C)NC)C(=O)N[C@@H](CC(N)=O)C(=O)N[C@H]5C(=O)N[C@H]3C(=O)N[C@H](C(=O)N[C@H](C(=O)NCCn5cccnc5=O)c5cc(O)cc(O)c5-c5cc3ccc5O)[C@H](O)c3ccc(c(Cl)c3)O4)O[C@H](CO)[C@@H](O)[C@@H]2O)O[C@@H](C)[C@H]1O.O=C(O)C(F)(F)F. The molecule has 1 aromatic heterocycles. The zero-order valence-corrected chi connectivity index (χ0v) is 67.9. The number of alkyl halides is 3. The van der Waals surface area contributed by atoms with E-state index in [1.165, 1.54) is 51.5 Å². The molecule has 2 fully saturated rings. The number of carboxylic acids is 1. The van der Waals surface area contributed by atoms with Gasteiger partial charge in [0, 0.05) is 61.9 Å². The highest BCUT2D eigenvalue weighted by Gasteiger charge is 2.53. The number of aliphatic carboxylic acids is 1. The lowest BCUT2D eigenvalue weighted by Gasteiger charge is -2.48. The molecule has 7 aliphatic rings. The number of phenolic OH excluding ortho intramolecular Hbond substituents is 3. The van der Waals surface area contributed by atoms with Crippen molar-refractivity contribution in [1.82, 2.24) is 57.4 Å². The minimum absolute atomic E-state index is 0.0447. The summed E-state index contributed by atoms with van der Waals surface area (Å²) in [5.74, 6) is -16.2. The Morgan fingerprint density at radius 3 is 1.99 bits per heavy atom. The number of hydrogen-bond acceptors (Lipinski definition) is 28. The molecule has 2 saturated heterocycles. The maximum Gasteiger partial charge on any atom is 0.490 e. The number of amides is 9. The molecule has 39 nitrogen and oxygen atoms in total. The van der Waals surface area contributed by atoms with Crippen LogP contribution >= 0.6 is 23.2 Å². The number of carbonyl (C=O) groups excluding carboxylic acids is 9. The van der Waals surface area contributed by atoms with Crippen LogP contribution in [0, 0.1) is 18.3 Å². The van der Waals surface area contributed by atoms with Gasteiger partial charge in [0.15, 0.2) is 23.9 Å². The normalized spacial score (nSPS) is 26.0. The number of rotatable bonds is 20. The first-order valence-electron chi connectivity index (χ1n) is 38.3. The van der Waals surface area contributed by atoms with Crippen molar-refractivity contribution >= 4 is 82.3 Å². The summed E-state index contributed by atoms with van der Waals surface area (Å²) in [5, 5.41) is 136. The van der Waals surface area contributed by atoms with Gasteiger partial charge in [-0.2, -0.15) is 13.2 Å². The Balaban J connectivity index is 0.00000220. The Kier molecular flexibility index (Phi) is 30.5. The van der Waals surface area contributed by atoms with E-state index in [1.54, 1.807) is 0 Å². The summed E-state index contributed by atoms with van der Waals surface area (Å²) < 4.78 is 71.9. The van der Waals surface area contributed by atoms with Crippen LogP contribution in [-0.4, -0.2) is 225 Å². The number of aliphatic hydroxyl groups excluding tert-OH is 6. The lowest BCUT2D eigenvalue weighted by Crippen LogP contribution is -2.66. The zero-order chi connectivity index (χ0) is 90.8. The highest BCUT2D eigenvalue weighted by atomic mass is 35.5. The summed E-state index contributed by atoms with van der Waals surface area (Å²) in [6.07, 6.45) is -16.1. The van der Waals surface area contributed by atoms with E-state index in [0.717, 1.165) is 71.3 Å². The number of aromatic nitrogens is 2. The number of likely N-dealkylation sites (N-methyl/N-ethyl adjacent to an activating group) is 1. The van der Waals surface area contributed by atoms with E-state index in [1.807, 2.05) is 13.8 Å². The second-order valence-corrected chi connectivity index (χ2v) is 30.9. The number of benzene rings is 5. The van der Waals surface area contributed by atoms with Gasteiger partial charge < -0.3 is 133 Å². The average molecular weight is 1780 g/mol. The summed E-state index contributed by atoms with van der Waals surface area (Å²) >= 11 is 14.3. The van der Waals surface area contributed by atoms with Gasteiger partial charge in [-0.15, -0.1) is 12.3 Å². The van der Waals surface area contributed by atoms with Crippen molar-refractivity contribution in [3.8, 4) is 69.5 Å². The number of nitrogens with one attached hydrogen (secondary N) is 9. The Morgan fingerprint density at radius 1 is 0.774 bits per heavy atom. The van der Waals surface area contributed by atoms with Crippen LogP contribution < -0.4 is 73.5 Å². The van der Waals surface area contributed by atoms with Crippen LogP contribution in [0.1, 0.15) is 124 Å². The predicted molar refractivity (Wildman–Crippen MR) is 423 cm³/mol. The van der Waals surface area contributed by atoms with Crippen LogP contribution in [0.15, 0.2) is 102 Å². The molecule has 7 aliphatic heterocycles. The van der Waals surface area contributed by atoms with Gasteiger partial charge in [-0.3, -0.25) is 47.7 Å². The van der Waals surface area contributed by atoms with Crippen LogP contribution in [0.25, 0.3) is 11.1 Å². The molecule has 666 valence electrons. The fourth-order valence-corrected chi connectivity index (χ4v) is 14.7. The number of nitrogens with two attached hydrogens (primary N) is 1. The van der Waals surface area contributed by atoms with Crippen molar-refractivity contribution in [2.45, 2.75) is 188 Å². The van der Waals surface area contributed by atoms with Gasteiger partial charge in [-0.25, -0.2) is 14.6 Å². The van der Waals surface area contributed by atoms with Gasteiger partial charge in [0.05, 0.1) is 40.8 Å². The molecule has 18 atom stereocenters. The number of primary amides is 1. The molecule has 0 spiro atoms. The first-order chi connectivity index (χ1) is 58.5. The second-order valence-electron chi connectivity index (χ2n) is 30.1. The topological polar surface area (TPSA) is 598 Å². The number of aliphatic hydroxyl groups is 6. The summed E-state index contributed by atoms with van der Waals surface area (Å²) in [6.45, 7) is 5.03. The van der Waals surface area contributed by atoms with E-state index in [-0.39, 0.29) is 67.1 Å². The Morgan fingerprint density at radius 2 is 1.40 bits per heavy atom. The largest absolute Gasteiger partial charge is 0.508 e. The van der Waals surface area contributed by atoms with E-state index in [0.29, 0.717) is 6.42 Å². The van der Waals surface area contributed by atoms with Crippen molar-refractivity contribution in [2.75, 3.05) is 20.2 Å². The number of fused-ring (bicyclic) bond motifs is 15. The summed E-state index contributed by atoms with van der Waals surface area (Å²) in [4.78, 5) is 159. The van der Waals surface area contributed by atoms with Crippen LogP contribution in [0.4, 0.5) is 13.2 Å². The third-order valence-electron chi connectivity index (χ3n) is 20.6. The Bertz CT molecular complexity index is 5160.